The zero-order valence-corrected chi connectivity index (χ0v) is 12.4. The summed E-state index contributed by atoms with van der Waals surface area (Å²) in [4.78, 5) is 15.3. The molecule has 0 aliphatic heterocycles. The molecular weight excluding hydrogens is 308 g/mol. The molecule has 2 unspecified atom stereocenters. The molecule has 19 heavy (non-hydrogen) atoms. The van der Waals surface area contributed by atoms with E-state index in [1.54, 1.807) is 12.1 Å². The van der Waals surface area contributed by atoms with Gasteiger partial charge in [-0.3, -0.25) is 15.1 Å². The molecule has 100 valence electrons. The van der Waals surface area contributed by atoms with Crippen LogP contribution in [-0.4, -0.2) is 14.7 Å². The fraction of sp³-hybridized carbons (Fsp3) is 0.357. The van der Waals surface area contributed by atoms with Gasteiger partial charge in [0.1, 0.15) is 0 Å². The Morgan fingerprint density at radius 3 is 2.68 bits per heavy atom. The number of fused-ring (bicyclic) bond motifs is 1. The Balaban J connectivity index is 2.47. The van der Waals surface area contributed by atoms with Gasteiger partial charge in [-0.25, -0.2) is 0 Å². The molecule has 2 aromatic rings. The van der Waals surface area contributed by atoms with Crippen molar-refractivity contribution in [3.63, 3.8) is 0 Å². The smallest absolute Gasteiger partial charge is 0.258 e. The Morgan fingerprint density at radius 1 is 1.37 bits per heavy atom. The van der Waals surface area contributed by atoms with Crippen LogP contribution in [0.2, 0.25) is 0 Å². The highest BCUT2D eigenvalue weighted by Crippen LogP contribution is 2.28. The number of nitrogens with zero attached hydrogens (tertiary/aromatic N) is 2. The quantitative estimate of drug-likeness (QED) is 0.475. The largest absolute Gasteiger partial charge is 0.270 e. The van der Waals surface area contributed by atoms with E-state index in [0.717, 1.165) is 23.0 Å². The van der Waals surface area contributed by atoms with Gasteiger partial charge in [0, 0.05) is 34.0 Å². The van der Waals surface area contributed by atoms with Crippen molar-refractivity contribution in [2.24, 2.45) is 0 Å². The second-order valence-corrected chi connectivity index (χ2v) is 6.01. The molecule has 1 aromatic heterocycles. The summed E-state index contributed by atoms with van der Waals surface area (Å²) in [5.74, 6) is 0.347. The number of nitro benzene ring substituents is 1. The van der Waals surface area contributed by atoms with Gasteiger partial charge in [0.15, 0.2) is 0 Å². The summed E-state index contributed by atoms with van der Waals surface area (Å²) in [5, 5.41) is 11.5. The number of alkyl halides is 1. The molecule has 1 aromatic carbocycles. The molecule has 0 N–H and O–H groups in total. The highest BCUT2D eigenvalue weighted by atomic mass is 79.9. The molecule has 1 heterocycles. The Labute approximate surface area is 120 Å². The number of halogens is 1. The van der Waals surface area contributed by atoms with E-state index in [1.807, 2.05) is 12.1 Å². The van der Waals surface area contributed by atoms with E-state index < -0.39 is 0 Å². The topological polar surface area (TPSA) is 56.0 Å². The first-order chi connectivity index (χ1) is 9.02. The highest BCUT2D eigenvalue weighted by Gasteiger charge is 2.17. The van der Waals surface area contributed by atoms with E-state index in [-0.39, 0.29) is 10.6 Å². The highest BCUT2D eigenvalue weighted by molar-refractivity contribution is 9.09. The molecule has 0 aliphatic rings. The Bertz CT molecular complexity index is 613. The van der Waals surface area contributed by atoms with E-state index in [2.05, 4.69) is 34.8 Å². The molecule has 2 atom stereocenters. The van der Waals surface area contributed by atoms with Crippen molar-refractivity contribution in [2.75, 3.05) is 0 Å². The summed E-state index contributed by atoms with van der Waals surface area (Å²) in [6.07, 6.45) is 0.998. The molecule has 0 bridgehead atoms. The van der Waals surface area contributed by atoms with Gasteiger partial charge in [-0.15, -0.1) is 0 Å². The minimum absolute atomic E-state index is 0.1000. The standard InChI is InChI=1S/C14H15BrN2O2/c1-3-12(9(2)15)14-6-4-10-8-11(17(18)19)5-7-13(10)16-14/h4-9,12H,3H2,1-2H3. The lowest BCUT2D eigenvalue weighted by atomic mass is 9.98. The number of hydrogen-bond acceptors (Lipinski definition) is 3. The van der Waals surface area contributed by atoms with Crippen molar-refractivity contribution in [3.8, 4) is 0 Å². The molecule has 0 aliphatic carbocycles. The van der Waals surface area contributed by atoms with Gasteiger partial charge in [0.2, 0.25) is 0 Å². The maximum atomic E-state index is 10.7. The molecule has 0 radical (unpaired) electrons. The molecule has 0 saturated heterocycles. The zero-order chi connectivity index (χ0) is 14.0. The second-order valence-electron chi connectivity index (χ2n) is 4.56. The van der Waals surface area contributed by atoms with Gasteiger partial charge in [0.25, 0.3) is 5.69 Å². The van der Waals surface area contributed by atoms with Crippen LogP contribution in [0.3, 0.4) is 0 Å². The van der Waals surface area contributed by atoms with Gasteiger partial charge in [-0.1, -0.05) is 35.8 Å². The third kappa shape index (κ3) is 2.92. The van der Waals surface area contributed by atoms with Crippen LogP contribution in [0.25, 0.3) is 10.9 Å². The number of pyridine rings is 1. The third-order valence-electron chi connectivity index (χ3n) is 3.28. The van der Waals surface area contributed by atoms with Crippen LogP contribution < -0.4 is 0 Å². The maximum Gasteiger partial charge on any atom is 0.270 e. The molecule has 0 saturated carbocycles. The average molecular weight is 323 g/mol. The maximum absolute atomic E-state index is 10.7. The van der Waals surface area contributed by atoms with Crippen LogP contribution in [0, 0.1) is 10.1 Å². The summed E-state index contributed by atoms with van der Waals surface area (Å²) in [5.41, 5.74) is 1.92. The van der Waals surface area contributed by atoms with Gasteiger partial charge >= 0.3 is 0 Å². The van der Waals surface area contributed by atoms with Gasteiger partial charge in [-0.05, 0) is 18.6 Å². The van der Waals surface area contributed by atoms with Crippen LogP contribution in [0.15, 0.2) is 30.3 Å². The molecule has 2 rings (SSSR count). The van der Waals surface area contributed by atoms with Crippen molar-refractivity contribution in [3.05, 3.63) is 46.1 Å². The summed E-state index contributed by atoms with van der Waals surface area (Å²) in [7, 11) is 0. The second kappa shape index (κ2) is 5.65. The molecule has 0 amide bonds. The summed E-state index contributed by atoms with van der Waals surface area (Å²) in [6, 6.07) is 8.63. The lowest BCUT2D eigenvalue weighted by molar-refractivity contribution is -0.384. The number of benzene rings is 1. The normalized spacial score (nSPS) is 14.3. The Kier molecular flexibility index (Phi) is 4.14. The van der Waals surface area contributed by atoms with Crippen molar-refractivity contribution >= 4 is 32.5 Å². The molecular formula is C14H15BrN2O2. The van der Waals surface area contributed by atoms with E-state index in [4.69, 9.17) is 0 Å². The fourth-order valence-corrected chi connectivity index (χ4v) is 2.86. The van der Waals surface area contributed by atoms with Crippen molar-refractivity contribution in [1.29, 1.82) is 0 Å². The Morgan fingerprint density at radius 2 is 2.11 bits per heavy atom. The molecule has 5 heteroatoms. The van der Waals surface area contributed by atoms with E-state index in [1.165, 1.54) is 6.07 Å². The fourth-order valence-electron chi connectivity index (χ4n) is 2.22. The Hall–Kier alpha value is -1.49. The number of rotatable bonds is 4. The van der Waals surface area contributed by atoms with Crippen LogP contribution in [0.1, 0.15) is 31.9 Å². The monoisotopic (exact) mass is 322 g/mol. The van der Waals surface area contributed by atoms with Crippen LogP contribution >= 0.6 is 15.9 Å². The molecule has 0 fully saturated rings. The van der Waals surface area contributed by atoms with Crippen molar-refractivity contribution in [1.82, 2.24) is 4.98 Å². The minimum Gasteiger partial charge on any atom is -0.258 e. The lowest BCUT2D eigenvalue weighted by Gasteiger charge is -2.17. The first-order valence-electron chi connectivity index (χ1n) is 6.22. The summed E-state index contributed by atoms with van der Waals surface area (Å²) < 4.78 is 0. The van der Waals surface area contributed by atoms with E-state index in [9.17, 15) is 10.1 Å². The minimum atomic E-state index is -0.386. The number of aromatic nitrogens is 1. The van der Waals surface area contributed by atoms with Gasteiger partial charge in [0.05, 0.1) is 10.4 Å². The van der Waals surface area contributed by atoms with Crippen LogP contribution in [0.5, 0.6) is 0 Å². The molecule has 0 spiro atoms. The summed E-state index contributed by atoms with van der Waals surface area (Å²) in [6.45, 7) is 4.24. The van der Waals surface area contributed by atoms with Crippen molar-refractivity contribution < 1.29 is 4.92 Å². The average Bonchev–Trinajstić information content (AvgIpc) is 2.38. The lowest BCUT2D eigenvalue weighted by Crippen LogP contribution is -2.09. The SMILES string of the molecule is CCC(c1ccc2cc([N+](=O)[O-])ccc2n1)C(C)Br. The zero-order valence-electron chi connectivity index (χ0n) is 10.8. The first-order valence-corrected chi connectivity index (χ1v) is 7.13. The number of hydrogen-bond donors (Lipinski definition) is 0. The number of non-ortho nitro benzene ring substituents is 1. The first kappa shape index (κ1) is 13.9. The van der Waals surface area contributed by atoms with Crippen LogP contribution in [0.4, 0.5) is 5.69 Å². The van der Waals surface area contributed by atoms with E-state index >= 15 is 0 Å². The summed E-state index contributed by atoms with van der Waals surface area (Å²) >= 11 is 3.60. The number of nitro groups is 1. The predicted octanol–water partition coefficient (Wildman–Crippen LogP) is 4.42. The van der Waals surface area contributed by atoms with Gasteiger partial charge < -0.3 is 0 Å². The molecule has 4 nitrogen and oxygen atoms in total. The predicted molar refractivity (Wildman–Crippen MR) is 79.8 cm³/mol. The van der Waals surface area contributed by atoms with E-state index in [0.29, 0.717) is 10.7 Å². The third-order valence-corrected chi connectivity index (χ3v) is 3.92. The van der Waals surface area contributed by atoms with Crippen molar-refractivity contribution in [2.45, 2.75) is 31.0 Å². The van der Waals surface area contributed by atoms with Crippen LogP contribution in [-0.2, 0) is 0 Å². The van der Waals surface area contributed by atoms with Gasteiger partial charge in [-0.2, -0.15) is 0 Å².